The van der Waals surface area contributed by atoms with Gasteiger partial charge in [0.05, 0.1) is 0 Å². The van der Waals surface area contributed by atoms with Gasteiger partial charge in [-0.15, -0.1) is 0 Å². The van der Waals surface area contributed by atoms with Gasteiger partial charge in [0.2, 0.25) is 0 Å². The van der Waals surface area contributed by atoms with Crippen LogP contribution < -0.4 is 0 Å². The number of halogens is 1. The third kappa shape index (κ3) is 2.24. The van der Waals surface area contributed by atoms with E-state index in [1.165, 1.54) is 16.7 Å². The summed E-state index contributed by atoms with van der Waals surface area (Å²) in [6.07, 6.45) is 5.79. The molecule has 0 saturated heterocycles. The molecule has 2 aromatic rings. The van der Waals surface area contributed by atoms with E-state index in [4.69, 9.17) is 0 Å². The van der Waals surface area contributed by atoms with Crippen LogP contribution in [0.2, 0.25) is 0 Å². The number of aryl methyl sites for hydroxylation is 2. The van der Waals surface area contributed by atoms with Crippen LogP contribution in [0.3, 0.4) is 0 Å². The molecule has 1 unspecified atom stereocenters. The van der Waals surface area contributed by atoms with E-state index in [0.717, 1.165) is 18.4 Å². The minimum absolute atomic E-state index is 0.0324. The number of benzene rings is 1. The van der Waals surface area contributed by atoms with Gasteiger partial charge in [-0.25, -0.2) is 4.39 Å². The first kappa shape index (κ1) is 13.3. The molecule has 0 bridgehead atoms. The number of fused-ring (bicyclic) bond motifs is 2. The summed E-state index contributed by atoms with van der Waals surface area (Å²) in [5, 5.41) is 0. The van der Waals surface area contributed by atoms with Crippen molar-refractivity contribution in [1.82, 2.24) is 4.98 Å². The minimum atomic E-state index is -0.148. The van der Waals surface area contributed by atoms with Crippen LogP contribution in [0.15, 0.2) is 36.7 Å². The maximum absolute atomic E-state index is 13.7. The van der Waals surface area contributed by atoms with Crippen molar-refractivity contribution in [2.75, 3.05) is 0 Å². The van der Waals surface area contributed by atoms with E-state index in [9.17, 15) is 4.39 Å². The van der Waals surface area contributed by atoms with Crippen molar-refractivity contribution in [1.29, 1.82) is 0 Å². The molecule has 1 aromatic heterocycles. The lowest BCUT2D eigenvalue weighted by atomic mass is 9.71. The van der Waals surface area contributed by atoms with Crippen molar-refractivity contribution in [3.8, 4) is 0 Å². The fraction of sp³-hybridized carbons (Fsp3) is 0.389. The normalized spacial score (nSPS) is 18.1. The molecule has 20 heavy (non-hydrogen) atoms. The largest absolute Gasteiger partial charge is 0.264 e. The molecule has 1 heterocycles. The van der Waals surface area contributed by atoms with Crippen LogP contribution in [0, 0.1) is 11.2 Å². The Morgan fingerprint density at radius 3 is 2.45 bits per heavy atom. The molecule has 1 aliphatic carbocycles. The Morgan fingerprint density at radius 1 is 1.05 bits per heavy atom. The molecule has 0 fully saturated rings. The third-order valence-corrected chi connectivity index (χ3v) is 4.21. The van der Waals surface area contributed by atoms with E-state index >= 15 is 0 Å². The first-order valence-corrected chi connectivity index (χ1v) is 7.18. The fourth-order valence-electron chi connectivity index (χ4n) is 3.36. The number of nitrogens with zero attached hydrogens (tertiary/aromatic N) is 1. The van der Waals surface area contributed by atoms with E-state index in [-0.39, 0.29) is 17.2 Å². The zero-order chi connectivity index (χ0) is 14.3. The van der Waals surface area contributed by atoms with Gasteiger partial charge in [-0.05, 0) is 58.7 Å². The number of pyridine rings is 1. The predicted molar refractivity (Wildman–Crippen MR) is 79.3 cm³/mol. The fourth-order valence-corrected chi connectivity index (χ4v) is 3.36. The zero-order valence-electron chi connectivity index (χ0n) is 12.3. The quantitative estimate of drug-likeness (QED) is 0.686. The van der Waals surface area contributed by atoms with E-state index in [1.807, 2.05) is 18.5 Å². The second-order valence-corrected chi connectivity index (χ2v) is 6.72. The summed E-state index contributed by atoms with van der Waals surface area (Å²) in [7, 11) is 0. The zero-order valence-corrected chi connectivity index (χ0v) is 12.3. The highest BCUT2D eigenvalue weighted by Gasteiger charge is 2.33. The average molecular weight is 269 g/mol. The van der Waals surface area contributed by atoms with Crippen LogP contribution in [-0.4, -0.2) is 4.98 Å². The maximum Gasteiger partial charge on any atom is 0.123 e. The Labute approximate surface area is 119 Å². The lowest BCUT2D eigenvalue weighted by Crippen LogP contribution is -2.21. The van der Waals surface area contributed by atoms with Crippen LogP contribution in [-0.2, 0) is 12.8 Å². The molecule has 3 rings (SSSR count). The van der Waals surface area contributed by atoms with Crippen LogP contribution in [0.1, 0.15) is 48.9 Å². The van der Waals surface area contributed by atoms with E-state index in [1.54, 1.807) is 12.1 Å². The first-order chi connectivity index (χ1) is 9.47. The molecule has 0 N–H and O–H groups in total. The molecule has 0 radical (unpaired) electrons. The van der Waals surface area contributed by atoms with Crippen molar-refractivity contribution in [3.05, 3.63) is 64.7 Å². The Morgan fingerprint density at radius 2 is 1.75 bits per heavy atom. The summed E-state index contributed by atoms with van der Waals surface area (Å²) in [4.78, 5) is 4.31. The molecule has 0 aliphatic heterocycles. The van der Waals surface area contributed by atoms with Gasteiger partial charge in [-0.2, -0.15) is 0 Å². The van der Waals surface area contributed by atoms with Crippen molar-refractivity contribution in [2.45, 2.75) is 39.5 Å². The second-order valence-electron chi connectivity index (χ2n) is 6.72. The predicted octanol–water partition coefficient (Wildman–Crippen LogP) is 4.50. The number of aromatic nitrogens is 1. The molecule has 0 spiro atoms. The molecule has 2 heteroatoms. The van der Waals surface area contributed by atoms with E-state index in [2.05, 4.69) is 31.8 Å². The average Bonchev–Trinajstić information content (AvgIpc) is 2.54. The molecule has 0 saturated carbocycles. The summed E-state index contributed by atoms with van der Waals surface area (Å²) in [5.74, 6) is 0.0461. The van der Waals surface area contributed by atoms with E-state index in [0.29, 0.717) is 0 Å². The molecular formula is C18H20FN. The lowest BCUT2D eigenvalue weighted by molar-refractivity contribution is 0.356. The highest BCUT2D eigenvalue weighted by atomic mass is 19.1. The molecule has 1 nitrogen and oxygen atoms in total. The first-order valence-electron chi connectivity index (χ1n) is 7.18. The topological polar surface area (TPSA) is 12.9 Å². The summed E-state index contributed by atoms with van der Waals surface area (Å²) in [5.41, 5.74) is 5.03. The van der Waals surface area contributed by atoms with Gasteiger partial charge in [0.25, 0.3) is 0 Å². The Kier molecular flexibility index (Phi) is 3.12. The Bertz CT molecular complexity index is 640. The number of hydrogen-bond acceptors (Lipinski definition) is 1. The number of rotatable bonds is 0. The number of hydrogen-bond donors (Lipinski definition) is 0. The summed E-state index contributed by atoms with van der Waals surface area (Å²) >= 11 is 0. The van der Waals surface area contributed by atoms with Crippen LogP contribution in [0.4, 0.5) is 4.39 Å². The second kappa shape index (κ2) is 4.69. The van der Waals surface area contributed by atoms with E-state index < -0.39 is 0 Å². The molecule has 1 aliphatic rings. The molecular weight excluding hydrogens is 249 g/mol. The summed E-state index contributed by atoms with van der Waals surface area (Å²) < 4.78 is 13.7. The standard InChI is InChI=1S/C18H20FN/c1-18(2,3)17-15-10-14(19)7-6-12(15)4-5-13-8-9-20-11-16(13)17/h6-11,17H,4-5H2,1-3H3. The molecule has 1 aromatic carbocycles. The summed E-state index contributed by atoms with van der Waals surface area (Å²) in [6.45, 7) is 6.65. The van der Waals surface area contributed by atoms with Crippen molar-refractivity contribution in [3.63, 3.8) is 0 Å². The SMILES string of the molecule is CC(C)(C)C1c2cnccc2CCc2ccc(F)cc21. The third-order valence-electron chi connectivity index (χ3n) is 4.21. The van der Waals surface area contributed by atoms with Gasteiger partial charge in [0, 0.05) is 18.3 Å². The van der Waals surface area contributed by atoms with Crippen LogP contribution in [0.5, 0.6) is 0 Å². The van der Waals surface area contributed by atoms with Gasteiger partial charge in [0.1, 0.15) is 5.82 Å². The van der Waals surface area contributed by atoms with Gasteiger partial charge in [0.15, 0.2) is 0 Å². The smallest absolute Gasteiger partial charge is 0.123 e. The van der Waals surface area contributed by atoms with Gasteiger partial charge in [-0.3, -0.25) is 4.98 Å². The molecule has 0 amide bonds. The van der Waals surface area contributed by atoms with Crippen LogP contribution >= 0.6 is 0 Å². The molecule has 104 valence electrons. The Balaban J connectivity index is 2.27. The molecule has 1 atom stereocenters. The highest BCUT2D eigenvalue weighted by molar-refractivity contribution is 5.45. The van der Waals surface area contributed by atoms with Gasteiger partial charge in [-0.1, -0.05) is 26.8 Å². The summed E-state index contributed by atoms with van der Waals surface area (Å²) in [6, 6.07) is 7.35. The van der Waals surface area contributed by atoms with Crippen molar-refractivity contribution < 1.29 is 4.39 Å². The van der Waals surface area contributed by atoms with Gasteiger partial charge < -0.3 is 0 Å². The van der Waals surface area contributed by atoms with Gasteiger partial charge >= 0.3 is 0 Å². The minimum Gasteiger partial charge on any atom is -0.264 e. The van der Waals surface area contributed by atoms with Crippen molar-refractivity contribution >= 4 is 0 Å². The maximum atomic E-state index is 13.7. The lowest BCUT2D eigenvalue weighted by Gasteiger charge is -2.32. The van der Waals surface area contributed by atoms with Crippen LogP contribution in [0.25, 0.3) is 0 Å². The highest BCUT2D eigenvalue weighted by Crippen LogP contribution is 2.45. The Hall–Kier alpha value is -1.70. The monoisotopic (exact) mass is 269 g/mol. The van der Waals surface area contributed by atoms with Crippen molar-refractivity contribution in [2.24, 2.45) is 5.41 Å².